The van der Waals surface area contributed by atoms with E-state index in [0.717, 1.165) is 32.4 Å². The molecule has 0 bridgehead atoms. The van der Waals surface area contributed by atoms with Crippen molar-refractivity contribution in [2.45, 2.75) is 24.2 Å². The van der Waals surface area contributed by atoms with Crippen LogP contribution in [-0.4, -0.2) is 60.6 Å². The summed E-state index contributed by atoms with van der Waals surface area (Å²) in [4.78, 5) is 2.63. The zero-order valence-electron chi connectivity index (χ0n) is 12.1. The Morgan fingerprint density at radius 1 is 1.15 bits per heavy atom. The van der Waals surface area contributed by atoms with Crippen molar-refractivity contribution in [3.8, 4) is 0 Å². The molecule has 2 fully saturated rings. The van der Waals surface area contributed by atoms with Crippen LogP contribution in [0.5, 0.6) is 0 Å². The normalized spacial score (nSPS) is 24.5. The van der Waals surface area contributed by atoms with Gasteiger partial charge in [-0.1, -0.05) is 0 Å². The zero-order chi connectivity index (χ0) is 14.4. The van der Waals surface area contributed by atoms with Gasteiger partial charge in [0.25, 0.3) is 0 Å². The fourth-order valence-corrected chi connectivity index (χ4v) is 4.82. The zero-order valence-corrected chi connectivity index (χ0v) is 12.9. The van der Waals surface area contributed by atoms with E-state index in [0.29, 0.717) is 18.0 Å². The predicted molar refractivity (Wildman–Crippen MR) is 75.7 cm³/mol. The fourth-order valence-electron chi connectivity index (χ4n) is 3.28. The molecule has 3 rings (SSSR count). The number of likely N-dealkylation sites (tertiary alicyclic amines) is 1. The maximum absolute atomic E-state index is 12.6. The van der Waals surface area contributed by atoms with Crippen LogP contribution in [0.1, 0.15) is 19.3 Å². The second-order valence-corrected chi connectivity index (χ2v) is 8.18. The lowest BCUT2D eigenvalue weighted by Crippen LogP contribution is -2.40. The van der Waals surface area contributed by atoms with E-state index in [4.69, 9.17) is 0 Å². The molecule has 0 amide bonds. The van der Waals surface area contributed by atoms with Crippen LogP contribution >= 0.6 is 0 Å². The molecule has 7 heteroatoms. The number of sulfonamides is 1. The van der Waals surface area contributed by atoms with E-state index in [2.05, 4.69) is 17.0 Å². The second kappa shape index (κ2) is 4.82. The molecule has 1 aromatic rings. The minimum atomic E-state index is -3.37. The Morgan fingerprint density at radius 2 is 1.80 bits per heavy atom. The Hall–Kier alpha value is -0.920. The van der Waals surface area contributed by atoms with Gasteiger partial charge < -0.3 is 4.90 Å². The summed E-state index contributed by atoms with van der Waals surface area (Å²) in [6.45, 7) is 3.45. The van der Waals surface area contributed by atoms with Crippen molar-refractivity contribution in [1.29, 1.82) is 0 Å². The van der Waals surface area contributed by atoms with Crippen LogP contribution in [0.3, 0.4) is 0 Å². The summed E-state index contributed by atoms with van der Waals surface area (Å²) in [6.07, 6.45) is 6.20. The van der Waals surface area contributed by atoms with Crippen molar-refractivity contribution >= 4 is 10.0 Å². The summed E-state index contributed by atoms with van der Waals surface area (Å²) in [5.41, 5.74) is 0.196. The predicted octanol–water partition coefficient (Wildman–Crippen LogP) is 0.527. The maximum Gasteiger partial charge on any atom is 0.246 e. The van der Waals surface area contributed by atoms with E-state index in [1.165, 1.54) is 10.9 Å². The lowest BCUT2D eigenvalue weighted by atomic mass is 9.78. The molecule has 1 spiro atoms. The molecular formula is C13H22N4O2S. The molecule has 20 heavy (non-hydrogen) atoms. The molecule has 2 aliphatic rings. The molecule has 3 heterocycles. The highest BCUT2D eigenvalue weighted by Crippen LogP contribution is 2.41. The minimum absolute atomic E-state index is 0.196. The molecule has 2 aliphatic heterocycles. The molecule has 112 valence electrons. The molecule has 0 saturated carbocycles. The first-order valence-electron chi connectivity index (χ1n) is 7.09. The fraction of sp³-hybridized carbons (Fsp3) is 0.769. The van der Waals surface area contributed by atoms with Crippen molar-refractivity contribution in [3.63, 3.8) is 0 Å². The average Bonchev–Trinajstić information content (AvgIpc) is 3.01. The molecule has 0 atom stereocenters. The first-order valence-corrected chi connectivity index (χ1v) is 8.53. The van der Waals surface area contributed by atoms with Gasteiger partial charge in [-0.05, 0) is 44.8 Å². The highest BCUT2D eigenvalue weighted by molar-refractivity contribution is 7.89. The van der Waals surface area contributed by atoms with Crippen molar-refractivity contribution in [1.82, 2.24) is 19.0 Å². The smallest absolute Gasteiger partial charge is 0.246 e. The largest absolute Gasteiger partial charge is 0.306 e. The third-order valence-corrected chi connectivity index (χ3v) is 6.57. The molecule has 6 nitrogen and oxygen atoms in total. The van der Waals surface area contributed by atoms with Crippen LogP contribution < -0.4 is 0 Å². The van der Waals surface area contributed by atoms with Crippen LogP contribution in [0.2, 0.25) is 0 Å². The first kappa shape index (κ1) is 14.0. The average molecular weight is 298 g/mol. The van der Waals surface area contributed by atoms with Crippen LogP contribution in [0.25, 0.3) is 0 Å². The third-order valence-electron chi connectivity index (χ3n) is 4.77. The van der Waals surface area contributed by atoms with Gasteiger partial charge in [0.2, 0.25) is 10.0 Å². The summed E-state index contributed by atoms with van der Waals surface area (Å²) in [5.74, 6) is 0. The van der Waals surface area contributed by atoms with Crippen molar-refractivity contribution in [2.24, 2.45) is 12.5 Å². The van der Waals surface area contributed by atoms with E-state index in [1.54, 1.807) is 17.5 Å². The van der Waals surface area contributed by atoms with Gasteiger partial charge in [0, 0.05) is 26.3 Å². The highest BCUT2D eigenvalue weighted by Gasteiger charge is 2.44. The Kier molecular flexibility index (Phi) is 3.38. The second-order valence-electron chi connectivity index (χ2n) is 6.24. The summed E-state index contributed by atoms with van der Waals surface area (Å²) >= 11 is 0. The number of rotatable bonds is 2. The number of hydrogen-bond donors (Lipinski definition) is 0. The number of piperidine rings is 1. The monoisotopic (exact) mass is 298 g/mol. The lowest BCUT2D eigenvalue weighted by molar-refractivity contribution is 0.134. The summed E-state index contributed by atoms with van der Waals surface area (Å²) < 4.78 is 28.4. The van der Waals surface area contributed by atoms with Gasteiger partial charge in [-0.2, -0.15) is 9.40 Å². The van der Waals surface area contributed by atoms with Gasteiger partial charge in [0.1, 0.15) is 4.90 Å². The van der Waals surface area contributed by atoms with Crippen molar-refractivity contribution in [3.05, 3.63) is 12.4 Å². The van der Waals surface area contributed by atoms with Gasteiger partial charge in [-0.15, -0.1) is 0 Å². The van der Waals surface area contributed by atoms with Crippen molar-refractivity contribution in [2.75, 3.05) is 33.2 Å². The van der Waals surface area contributed by atoms with Crippen LogP contribution in [-0.2, 0) is 17.1 Å². The SMILES string of the molecule is CN1CCC2(CC1)CCN(S(=O)(=O)c1cnn(C)c1)C2. The number of aryl methyl sites for hydroxylation is 1. The topological polar surface area (TPSA) is 58.4 Å². The number of aromatic nitrogens is 2. The number of hydrogen-bond acceptors (Lipinski definition) is 4. The summed E-state index contributed by atoms with van der Waals surface area (Å²) in [5, 5.41) is 3.97. The molecular weight excluding hydrogens is 276 g/mol. The van der Waals surface area contributed by atoms with Gasteiger partial charge in [0.15, 0.2) is 0 Å². The van der Waals surface area contributed by atoms with E-state index in [9.17, 15) is 8.42 Å². The van der Waals surface area contributed by atoms with Crippen LogP contribution in [0, 0.1) is 5.41 Å². The molecule has 0 aliphatic carbocycles. The first-order chi connectivity index (χ1) is 9.41. The molecule has 0 radical (unpaired) electrons. The third kappa shape index (κ3) is 2.38. The van der Waals surface area contributed by atoms with Crippen LogP contribution in [0.15, 0.2) is 17.3 Å². The molecule has 0 aromatic carbocycles. The minimum Gasteiger partial charge on any atom is -0.306 e. The van der Waals surface area contributed by atoms with E-state index in [1.807, 2.05) is 0 Å². The quantitative estimate of drug-likeness (QED) is 0.799. The lowest BCUT2D eigenvalue weighted by Gasteiger charge is -2.37. The maximum atomic E-state index is 12.6. The molecule has 1 aromatic heterocycles. The van der Waals surface area contributed by atoms with Gasteiger partial charge in [0.05, 0.1) is 6.20 Å². The standard InChI is InChI=1S/C13H22N4O2S/c1-15-6-3-13(4-7-15)5-8-17(11-13)20(18,19)12-9-14-16(2)10-12/h9-10H,3-8,11H2,1-2H3. The van der Waals surface area contributed by atoms with Gasteiger partial charge >= 0.3 is 0 Å². The Labute approximate surface area is 120 Å². The summed E-state index contributed by atoms with van der Waals surface area (Å²) in [7, 11) is 0.498. The number of nitrogens with zero attached hydrogens (tertiary/aromatic N) is 4. The molecule has 0 unspecified atom stereocenters. The molecule has 0 N–H and O–H groups in total. The highest BCUT2D eigenvalue weighted by atomic mass is 32.2. The van der Waals surface area contributed by atoms with Gasteiger partial charge in [-0.25, -0.2) is 8.42 Å². The van der Waals surface area contributed by atoms with E-state index < -0.39 is 10.0 Å². The van der Waals surface area contributed by atoms with E-state index >= 15 is 0 Å². The Morgan fingerprint density at radius 3 is 2.40 bits per heavy atom. The Balaban J connectivity index is 1.77. The van der Waals surface area contributed by atoms with Gasteiger partial charge in [-0.3, -0.25) is 4.68 Å². The summed E-state index contributed by atoms with van der Waals surface area (Å²) in [6, 6.07) is 0. The Bertz CT molecular complexity index is 587. The van der Waals surface area contributed by atoms with E-state index in [-0.39, 0.29) is 5.41 Å². The van der Waals surface area contributed by atoms with Crippen molar-refractivity contribution < 1.29 is 8.42 Å². The molecule has 2 saturated heterocycles. The van der Waals surface area contributed by atoms with Crippen LogP contribution in [0.4, 0.5) is 0 Å².